The van der Waals surface area contributed by atoms with Gasteiger partial charge in [0.2, 0.25) is 11.2 Å². The van der Waals surface area contributed by atoms with E-state index in [9.17, 15) is 0 Å². The fourth-order valence-electron chi connectivity index (χ4n) is 16.9. The van der Waals surface area contributed by atoms with Crippen LogP contribution in [0.15, 0.2) is 303 Å². The first-order chi connectivity index (χ1) is 50.5. The van der Waals surface area contributed by atoms with Crippen molar-refractivity contribution >= 4 is 118 Å². The Hall–Kier alpha value is -11.7. The minimum atomic E-state index is -0.0503. The van der Waals surface area contributed by atoms with Crippen molar-refractivity contribution in [3.05, 3.63) is 342 Å². The number of hydrogen-bond donors (Lipinski definition) is 0. The van der Waals surface area contributed by atoms with Crippen LogP contribution in [0.2, 0.25) is 5.28 Å². The van der Waals surface area contributed by atoms with E-state index in [4.69, 9.17) is 21.6 Å². The van der Waals surface area contributed by atoms with Gasteiger partial charge in [0.25, 0.3) is 0 Å². The van der Waals surface area contributed by atoms with Gasteiger partial charge in [-0.05, 0) is 165 Å². The fourth-order valence-corrected chi connectivity index (χ4v) is 19.4. The summed E-state index contributed by atoms with van der Waals surface area (Å²) in [6, 6.07) is 109. The lowest BCUT2D eigenvalue weighted by atomic mass is 9.82. The topological polar surface area (TPSA) is 56.5 Å². The molecule has 5 nitrogen and oxygen atoms in total. The number of halogens is 1. The average molecular weight is 1390 g/mol. The van der Waals surface area contributed by atoms with Gasteiger partial charge in [0.1, 0.15) is 0 Å². The van der Waals surface area contributed by atoms with Crippen LogP contribution in [0.1, 0.15) is 68.5 Å². The number of nitrogens with zero attached hydrogens (tertiary/aromatic N) is 5. The SMILES string of the molecule is C.CC1(C)c2ccccc2-c2c1ccc1cc3c(cc21)-c1ccccc1C3.CC1(C)c2ccccc2-c2c1ccc1cc3c(cc21)c1ccccc1n3-c1nc(-c2ccc(-c3ccccc3)cc2)c2sc3ccccc3c2n1.Clc1nc(-c2ccc(-c3ccccc3)cc2)c2sc3ccccc3c2n1. The molecule has 3 aliphatic rings. The molecule has 0 spiro atoms. The first-order valence-corrected chi connectivity index (χ1v) is 37.2. The van der Waals surface area contributed by atoms with Gasteiger partial charge in [0, 0.05) is 52.9 Å². The van der Waals surface area contributed by atoms with Crippen LogP contribution >= 0.6 is 34.3 Å². The Labute approximate surface area is 616 Å². The smallest absolute Gasteiger partial charge is 0.235 e. The number of hydrogen-bond acceptors (Lipinski definition) is 6. The summed E-state index contributed by atoms with van der Waals surface area (Å²) in [4.78, 5) is 19.9. The van der Waals surface area contributed by atoms with E-state index in [1.807, 2.05) is 30.3 Å². The van der Waals surface area contributed by atoms with Crippen LogP contribution in [-0.4, -0.2) is 24.5 Å². The van der Waals surface area contributed by atoms with Crippen LogP contribution in [0.4, 0.5) is 0 Å². The van der Waals surface area contributed by atoms with Gasteiger partial charge in [-0.2, -0.15) is 0 Å². The summed E-state index contributed by atoms with van der Waals surface area (Å²) in [6.45, 7) is 9.41. The summed E-state index contributed by atoms with van der Waals surface area (Å²) in [5, 5.41) is 10.2. The Kier molecular flexibility index (Phi) is 14.9. The zero-order valence-corrected chi connectivity index (χ0v) is 59.4. The summed E-state index contributed by atoms with van der Waals surface area (Å²) in [5.41, 5.74) is 29.9. The van der Waals surface area contributed by atoms with Crippen molar-refractivity contribution in [3.8, 4) is 84.1 Å². The number of thiophene rings is 2. The van der Waals surface area contributed by atoms with Gasteiger partial charge in [-0.15, -0.1) is 22.7 Å². The lowest BCUT2D eigenvalue weighted by Crippen LogP contribution is -2.14. The summed E-state index contributed by atoms with van der Waals surface area (Å²) < 4.78 is 6.87. The molecule has 0 unspecified atom stereocenters. The van der Waals surface area contributed by atoms with Crippen LogP contribution in [0, 0.1) is 0 Å². The Bertz CT molecular complexity index is 6700. The van der Waals surface area contributed by atoms with Gasteiger partial charge in [0.15, 0.2) is 0 Å². The molecule has 496 valence electrons. The molecule has 0 fully saturated rings. The maximum absolute atomic E-state index is 6.24. The summed E-state index contributed by atoms with van der Waals surface area (Å²) >= 11 is 9.72. The van der Waals surface area contributed by atoms with Crippen LogP contribution in [0.5, 0.6) is 0 Å². The average Bonchev–Trinajstić information content (AvgIpc) is 1.55. The molecule has 19 aromatic rings. The van der Waals surface area contributed by atoms with Crippen molar-refractivity contribution in [1.82, 2.24) is 24.5 Å². The number of fused-ring (bicyclic) bond motifs is 22. The van der Waals surface area contributed by atoms with E-state index >= 15 is 0 Å². The highest BCUT2D eigenvalue weighted by Crippen LogP contribution is 2.55. The standard InChI is InChI=1S/C47H31N3S.C26H20.C22H13ClN2S.CH4/c1-47(2)37-17-9-6-15-33(37)42-35-27-36-32-14-7-10-18-39(32)50(40(36)26-31(35)24-25-38(42)47)46-48-43(45-44(49-46)34-16-8-11-19-41(34)51-45)30-22-20-29(21-23-30)28-12-4-3-5-13-28;1-26(2)23-10-6-5-9-20(23)25-22-15-21-18(14-17(22)11-12-24(25)26)13-16-7-3-4-8-19(16)21;23-22-24-19(21-20(25-22)17-8-4-5-9-18(17)26-21)16-12-10-15(11-13-16)14-6-2-1-3-7-14;/h3-27H,1-2H3;3-12,14-15H,13H2,1-2H3;1-13H;1H4. The molecule has 5 aromatic heterocycles. The molecular formula is C96H68ClN5S2. The maximum atomic E-state index is 6.24. The summed E-state index contributed by atoms with van der Waals surface area (Å²) in [6.07, 6.45) is 1.06. The molecule has 0 aliphatic heterocycles. The summed E-state index contributed by atoms with van der Waals surface area (Å²) in [7, 11) is 0. The molecule has 8 heteroatoms. The third-order valence-electron chi connectivity index (χ3n) is 22.0. The highest BCUT2D eigenvalue weighted by atomic mass is 35.5. The largest absolute Gasteiger partial charge is 0.278 e. The molecule has 22 rings (SSSR count). The Morgan fingerprint density at radius 1 is 0.327 bits per heavy atom. The third-order valence-corrected chi connectivity index (χ3v) is 24.5. The van der Waals surface area contributed by atoms with E-state index in [0.717, 1.165) is 71.2 Å². The van der Waals surface area contributed by atoms with Crippen molar-refractivity contribution < 1.29 is 0 Å². The predicted molar refractivity (Wildman–Crippen MR) is 442 cm³/mol. The van der Waals surface area contributed by atoms with Crippen molar-refractivity contribution in [2.45, 2.75) is 52.4 Å². The molecule has 0 saturated carbocycles. The molecule has 5 heterocycles. The molecule has 0 bridgehead atoms. The molecular weight excluding hydrogens is 1320 g/mol. The molecule has 0 N–H and O–H groups in total. The maximum Gasteiger partial charge on any atom is 0.235 e. The molecule has 0 atom stereocenters. The predicted octanol–water partition coefficient (Wildman–Crippen LogP) is 26.9. The Morgan fingerprint density at radius 2 is 0.779 bits per heavy atom. The Morgan fingerprint density at radius 3 is 1.37 bits per heavy atom. The van der Waals surface area contributed by atoms with Gasteiger partial charge in [-0.1, -0.05) is 302 Å². The van der Waals surface area contributed by atoms with E-state index < -0.39 is 0 Å². The zero-order valence-electron chi connectivity index (χ0n) is 57.0. The van der Waals surface area contributed by atoms with Crippen LogP contribution in [0.25, 0.3) is 168 Å². The molecule has 0 amide bonds. The normalized spacial score (nSPS) is 13.3. The molecule has 14 aromatic carbocycles. The van der Waals surface area contributed by atoms with E-state index in [2.05, 4.69) is 315 Å². The minimum Gasteiger partial charge on any atom is -0.278 e. The highest BCUT2D eigenvalue weighted by molar-refractivity contribution is 7.26. The monoisotopic (exact) mass is 1390 g/mol. The van der Waals surface area contributed by atoms with E-state index in [0.29, 0.717) is 5.95 Å². The lowest BCUT2D eigenvalue weighted by Gasteiger charge is -2.21. The van der Waals surface area contributed by atoms with Gasteiger partial charge < -0.3 is 0 Å². The summed E-state index contributed by atoms with van der Waals surface area (Å²) in [5.74, 6) is 0.686. The second-order valence-corrected chi connectivity index (χ2v) is 30.9. The second-order valence-electron chi connectivity index (χ2n) is 28.5. The minimum absolute atomic E-state index is 0. The zero-order chi connectivity index (χ0) is 68.8. The van der Waals surface area contributed by atoms with E-state index in [-0.39, 0.29) is 23.5 Å². The van der Waals surface area contributed by atoms with Crippen LogP contribution in [-0.2, 0) is 17.3 Å². The highest BCUT2D eigenvalue weighted by Gasteiger charge is 2.38. The van der Waals surface area contributed by atoms with E-state index in [1.165, 1.54) is 131 Å². The van der Waals surface area contributed by atoms with Crippen molar-refractivity contribution in [3.63, 3.8) is 0 Å². The fraction of sp³-hybridized carbons (Fsp3) is 0.0833. The molecule has 104 heavy (non-hydrogen) atoms. The van der Waals surface area contributed by atoms with Crippen LogP contribution < -0.4 is 0 Å². The van der Waals surface area contributed by atoms with Gasteiger partial charge in [-0.25, -0.2) is 19.9 Å². The van der Waals surface area contributed by atoms with Crippen molar-refractivity contribution in [2.75, 3.05) is 0 Å². The van der Waals surface area contributed by atoms with E-state index in [1.54, 1.807) is 22.7 Å². The number of rotatable bonds is 5. The van der Waals surface area contributed by atoms with Gasteiger partial charge >= 0.3 is 0 Å². The number of aromatic nitrogens is 5. The first-order valence-electron chi connectivity index (χ1n) is 35.2. The molecule has 0 radical (unpaired) electrons. The number of benzene rings is 14. The van der Waals surface area contributed by atoms with Gasteiger partial charge in [0.05, 0.1) is 42.9 Å². The second kappa shape index (κ2) is 24.5. The van der Waals surface area contributed by atoms with Gasteiger partial charge in [-0.3, -0.25) is 4.57 Å². The molecule has 3 aliphatic carbocycles. The molecule has 0 saturated heterocycles. The van der Waals surface area contributed by atoms with Crippen LogP contribution in [0.3, 0.4) is 0 Å². The first kappa shape index (κ1) is 63.2. The lowest BCUT2D eigenvalue weighted by molar-refractivity contribution is 0.660. The Balaban J connectivity index is 0.000000118. The third kappa shape index (κ3) is 10.0. The quantitative estimate of drug-likeness (QED) is 0.161. The van der Waals surface area contributed by atoms with Crippen molar-refractivity contribution in [2.24, 2.45) is 0 Å². The van der Waals surface area contributed by atoms with Crippen molar-refractivity contribution in [1.29, 1.82) is 0 Å². The number of para-hydroxylation sites is 1.